The molecule has 1 nitrogen and oxygen atoms in total. The number of thiophene rings is 1. The fraction of sp³-hybridized carbons (Fsp3) is 0.800. The summed E-state index contributed by atoms with van der Waals surface area (Å²) in [6, 6.07) is 2.47. The summed E-state index contributed by atoms with van der Waals surface area (Å²) in [5.74, 6) is 4.46. The molecule has 2 heterocycles. The van der Waals surface area contributed by atoms with Gasteiger partial charge in [0.25, 0.3) is 0 Å². The van der Waals surface area contributed by atoms with E-state index in [0.29, 0.717) is 6.10 Å². The van der Waals surface area contributed by atoms with Crippen LogP contribution in [0.3, 0.4) is 0 Å². The summed E-state index contributed by atoms with van der Waals surface area (Å²) in [6.07, 6.45) is 13.4. The van der Waals surface area contributed by atoms with Crippen LogP contribution in [0, 0.1) is 23.7 Å². The van der Waals surface area contributed by atoms with Crippen molar-refractivity contribution < 1.29 is 4.74 Å². The van der Waals surface area contributed by atoms with Crippen LogP contribution in [0.1, 0.15) is 74.1 Å². The summed E-state index contributed by atoms with van der Waals surface area (Å²) < 4.78 is 7.15. The molecule has 2 heteroatoms. The molecule has 1 aliphatic heterocycles. The van der Waals surface area contributed by atoms with Crippen molar-refractivity contribution in [3.8, 4) is 0 Å². The zero-order valence-electron chi connectivity index (χ0n) is 13.3. The molecule has 2 atom stereocenters. The molecule has 1 aromatic heterocycles. The van der Waals surface area contributed by atoms with Gasteiger partial charge in [-0.2, -0.15) is 0 Å². The van der Waals surface area contributed by atoms with Crippen molar-refractivity contribution in [3.63, 3.8) is 0 Å². The van der Waals surface area contributed by atoms with Crippen LogP contribution in [0.4, 0.5) is 0 Å². The Morgan fingerprint density at radius 2 is 1.68 bits per heavy atom. The highest BCUT2D eigenvalue weighted by Crippen LogP contribution is 2.67. The van der Waals surface area contributed by atoms with Crippen molar-refractivity contribution in [1.29, 1.82) is 0 Å². The molecule has 1 aromatic rings. The van der Waals surface area contributed by atoms with E-state index in [1.807, 2.05) is 11.3 Å². The molecule has 118 valence electrons. The third-order valence-corrected chi connectivity index (χ3v) is 8.90. The minimum absolute atomic E-state index is 0.140. The molecule has 0 radical (unpaired) electrons. The second-order valence-electron chi connectivity index (χ2n) is 8.84. The summed E-state index contributed by atoms with van der Waals surface area (Å²) in [6.45, 7) is 0. The predicted octanol–water partition coefficient (Wildman–Crippen LogP) is 5.46. The monoisotopic (exact) mass is 314 g/mol. The molecule has 2 unspecified atom stereocenters. The van der Waals surface area contributed by atoms with Gasteiger partial charge in [0.2, 0.25) is 0 Å². The largest absolute Gasteiger partial charge is 0.366 e. The first kappa shape index (κ1) is 13.0. The van der Waals surface area contributed by atoms with Gasteiger partial charge >= 0.3 is 0 Å². The fourth-order valence-electron chi connectivity index (χ4n) is 7.30. The van der Waals surface area contributed by atoms with E-state index >= 15 is 0 Å². The molecule has 0 saturated heterocycles. The van der Waals surface area contributed by atoms with Gasteiger partial charge in [0.1, 0.15) is 5.60 Å². The van der Waals surface area contributed by atoms with Crippen LogP contribution in [0.15, 0.2) is 11.4 Å². The summed E-state index contributed by atoms with van der Waals surface area (Å²) >= 11 is 2.05. The third-order valence-electron chi connectivity index (χ3n) is 7.85. The first-order chi connectivity index (χ1) is 10.8. The smallest absolute Gasteiger partial charge is 0.100 e. The Kier molecular flexibility index (Phi) is 2.59. The van der Waals surface area contributed by atoms with Crippen molar-refractivity contribution in [2.24, 2.45) is 23.7 Å². The van der Waals surface area contributed by atoms with Gasteiger partial charge in [0.15, 0.2) is 0 Å². The quantitative estimate of drug-likeness (QED) is 0.618. The molecule has 22 heavy (non-hydrogen) atoms. The summed E-state index contributed by atoms with van der Waals surface area (Å²) in [4.78, 5) is 1.74. The lowest BCUT2D eigenvalue weighted by Crippen LogP contribution is -2.60. The highest BCUT2D eigenvalue weighted by atomic mass is 32.1. The van der Waals surface area contributed by atoms with E-state index < -0.39 is 0 Å². The first-order valence-electron chi connectivity index (χ1n) is 9.60. The van der Waals surface area contributed by atoms with Crippen molar-refractivity contribution >= 4 is 11.3 Å². The molecule has 4 bridgehead atoms. The minimum atomic E-state index is 0.140. The zero-order chi connectivity index (χ0) is 14.3. The molecule has 7 rings (SSSR count). The van der Waals surface area contributed by atoms with E-state index in [0.717, 1.165) is 29.6 Å². The minimum Gasteiger partial charge on any atom is -0.366 e. The highest BCUT2D eigenvalue weighted by molar-refractivity contribution is 7.10. The van der Waals surface area contributed by atoms with Gasteiger partial charge in [-0.1, -0.05) is 12.8 Å². The molecule has 6 aliphatic rings. The van der Waals surface area contributed by atoms with E-state index in [4.69, 9.17) is 4.74 Å². The van der Waals surface area contributed by atoms with E-state index in [1.165, 1.54) is 57.8 Å². The van der Waals surface area contributed by atoms with Crippen molar-refractivity contribution in [2.75, 3.05) is 0 Å². The molecular weight excluding hydrogens is 288 g/mol. The lowest BCUT2D eigenvalue weighted by atomic mass is 9.47. The second-order valence-corrected chi connectivity index (χ2v) is 9.79. The van der Waals surface area contributed by atoms with E-state index in [-0.39, 0.29) is 5.60 Å². The lowest BCUT2D eigenvalue weighted by molar-refractivity contribution is -0.248. The van der Waals surface area contributed by atoms with Crippen LogP contribution in [0.5, 0.6) is 0 Å². The van der Waals surface area contributed by atoms with Gasteiger partial charge in [0.05, 0.1) is 6.10 Å². The van der Waals surface area contributed by atoms with E-state index in [1.54, 1.807) is 10.4 Å². The summed E-state index contributed by atoms with van der Waals surface area (Å²) in [7, 11) is 0. The predicted molar refractivity (Wildman–Crippen MR) is 89.1 cm³/mol. The fourth-order valence-corrected chi connectivity index (χ4v) is 8.45. The van der Waals surface area contributed by atoms with Crippen LogP contribution in [0.25, 0.3) is 0 Å². The van der Waals surface area contributed by atoms with Crippen LogP contribution in [-0.2, 0) is 10.3 Å². The van der Waals surface area contributed by atoms with E-state index in [9.17, 15) is 0 Å². The number of hydrogen-bond donors (Lipinski definition) is 0. The summed E-state index contributed by atoms with van der Waals surface area (Å²) in [5, 5.41) is 2.37. The SMILES string of the molecule is c1cc2c(s1)C1CCCCC1OC21C2CC3CC(C2)CC1C3. The second kappa shape index (κ2) is 4.39. The molecule has 5 aliphatic carbocycles. The van der Waals surface area contributed by atoms with Gasteiger partial charge < -0.3 is 4.74 Å². The average molecular weight is 314 g/mol. The van der Waals surface area contributed by atoms with Gasteiger partial charge in [-0.3, -0.25) is 0 Å². The normalized spacial score (nSPS) is 51.8. The maximum Gasteiger partial charge on any atom is 0.100 e. The van der Waals surface area contributed by atoms with Crippen molar-refractivity contribution in [3.05, 3.63) is 21.9 Å². The van der Waals surface area contributed by atoms with Crippen LogP contribution < -0.4 is 0 Å². The number of rotatable bonds is 0. The Hall–Kier alpha value is -0.340. The first-order valence-corrected chi connectivity index (χ1v) is 10.5. The molecule has 0 N–H and O–H groups in total. The van der Waals surface area contributed by atoms with Gasteiger partial charge in [-0.25, -0.2) is 0 Å². The maximum atomic E-state index is 7.15. The van der Waals surface area contributed by atoms with Gasteiger partial charge in [-0.15, -0.1) is 11.3 Å². The van der Waals surface area contributed by atoms with Crippen LogP contribution in [0.2, 0.25) is 0 Å². The molecule has 0 amide bonds. The molecular formula is C20H26OS. The number of fused-ring (bicyclic) bond motifs is 3. The van der Waals surface area contributed by atoms with Gasteiger partial charge in [-0.05, 0) is 85.6 Å². The molecule has 5 saturated carbocycles. The molecule has 1 spiro atoms. The Balaban J connectivity index is 1.52. The number of ether oxygens (including phenoxy) is 1. The number of hydrogen-bond acceptors (Lipinski definition) is 2. The maximum absolute atomic E-state index is 7.15. The Morgan fingerprint density at radius 3 is 2.45 bits per heavy atom. The average Bonchev–Trinajstić information content (AvgIpc) is 3.02. The van der Waals surface area contributed by atoms with E-state index in [2.05, 4.69) is 11.4 Å². The van der Waals surface area contributed by atoms with Crippen molar-refractivity contribution in [2.45, 2.75) is 75.4 Å². The summed E-state index contributed by atoms with van der Waals surface area (Å²) in [5.41, 5.74) is 1.80. The Labute approximate surface area is 137 Å². The van der Waals surface area contributed by atoms with Crippen LogP contribution >= 0.6 is 11.3 Å². The Bertz CT molecular complexity index is 575. The molecule has 5 fully saturated rings. The zero-order valence-corrected chi connectivity index (χ0v) is 14.1. The van der Waals surface area contributed by atoms with Crippen LogP contribution in [-0.4, -0.2) is 6.10 Å². The topological polar surface area (TPSA) is 9.23 Å². The van der Waals surface area contributed by atoms with Gasteiger partial charge in [0, 0.05) is 10.8 Å². The highest BCUT2D eigenvalue weighted by Gasteiger charge is 2.62. The lowest BCUT2D eigenvalue weighted by Gasteiger charge is -2.63. The van der Waals surface area contributed by atoms with Crippen molar-refractivity contribution in [1.82, 2.24) is 0 Å². The third kappa shape index (κ3) is 1.50. The standard InChI is InChI=1S/C20H26OS/c1-2-4-18-16(3-1)19-17(5-6-22-19)20(21-18)14-8-12-7-13(10-14)11-15(20)9-12/h5-6,12-16,18H,1-4,7-11H2. The molecule has 0 aromatic carbocycles. The Morgan fingerprint density at radius 1 is 0.955 bits per heavy atom.